The van der Waals surface area contributed by atoms with E-state index in [1.807, 2.05) is 24.3 Å². The van der Waals surface area contributed by atoms with E-state index in [1.54, 1.807) is 36.4 Å². The molecule has 2 N–H and O–H groups in total. The highest BCUT2D eigenvalue weighted by Crippen LogP contribution is 2.21. The first-order valence-electron chi connectivity index (χ1n) is 10.0. The summed E-state index contributed by atoms with van der Waals surface area (Å²) in [7, 11) is 0. The van der Waals surface area contributed by atoms with Crippen molar-refractivity contribution in [3.8, 4) is 11.1 Å². The van der Waals surface area contributed by atoms with Crippen LogP contribution in [0.25, 0.3) is 22.0 Å². The minimum Gasteiger partial charge on any atom is -0.478 e. The van der Waals surface area contributed by atoms with E-state index in [9.17, 15) is 14.4 Å². The third kappa shape index (κ3) is 4.33. The topological polar surface area (TPSA) is 109 Å². The van der Waals surface area contributed by atoms with Gasteiger partial charge >= 0.3 is 5.97 Å². The summed E-state index contributed by atoms with van der Waals surface area (Å²) in [4.78, 5) is 40.0. The highest BCUT2D eigenvalue weighted by atomic mass is 16.4. The molecule has 0 radical (unpaired) electrons. The van der Waals surface area contributed by atoms with Crippen LogP contribution in [0.1, 0.15) is 26.3 Å². The fourth-order valence-corrected chi connectivity index (χ4v) is 3.54. The molecular weight excluding hydrogens is 408 g/mol. The van der Waals surface area contributed by atoms with Gasteiger partial charge in [0.05, 0.1) is 22.8 Å². The summed E-state index contributed by atoms with van der Waals surface area (Å²) in [5.74, 6) is -1.41. The number of benzene rings is 3. The van der Waals surface area contributed by atoms with Crippen LogP contribution in [0.15, 0.2) is 77.9 Å². The van der Waals surface area contributed by atoms with Gasteiger partial charge in [-0.3, -0.25) is 14.2 Å². The van der Waals surface area contributed by atoms with Gasteiger partial charge in [0.25, 0.3) is 5.56 Å². The van der Waals surface area contributed by atoms with Gasteiger partial charge in [0.2, 0.25) is 0 Å². The van der Waals surface area contributed by atoms with Gasteiger partial charge in [-0.1, -0.05) is 36.4 Å². The Bertz CT molecular complexity index is 1370. The summed E-state index contributed by atoms with van der Waals surface area (Å²) in [5, 5.41) is 18.4. The summed E-state index contributed by atoms with van der Waals surface area (Å²) >= 11 is 0. The molecule has 0 amide bonds. The number of aromatic nitrogens is 2. The monoisotopic (exact) mass is 428 g/mol. The molecule has 0 fully saturated rings. The average molecular weight is 428 g/mol. The van der Waals surface area contributed by atoms with E-state index in [0.29, 0.717) is 23.9 Å². The molecule has 4 rings (SSSR count). The summed E-state index contributed by atoms with van der Waals surface area (Å²) in [5.41, 5.74) is 3.63. The fraction of sp³-hybridized carbons (Fsp3) is 0.120. The second-order valence-electron chi connectivity index (χ2n) is 7.39. The Hall–Kier alpha value is -4.10. The number of hydrogen-bond donors (Lipinski definition) is 2. The van der Waals surface area contributed by atoms with Crippen LogP contribution in [0, 0.1) is 0 Å². The molecule has 0 atom stereocenters. The Morgan fingerprint density at radius 3 is 2.38 bits per heavy atom. The summed E-state index contributed by atoms with van der Waals surface area (Å²) in [6.07, 6.45) is 2.08. The van der Waals surface area contributed by atoms with Gasteiger partial charge in [-0.05, 0) is 53.4 Å². The van der Waals surface area contributed by atoms with Crippen molar-refractivity contribution in [1.29, 1.82) is 0 Å². The van der Waals surface area contributed by atoms with Crippen LogP contribution < -0.4 is 5.56 Å². The number of ketones is 1. The first-order chi connectivity index (χ1) is 15.5. The summed E-state index contributed by atoms with van der Waals surface area (Å²) in [6, 6.07) is 19.1. The van der Waals surface area contributed by atoms with Crippen molar-refractivity contribution in [3.63, 3.8) is 0 Å². The Labute approximate surface area is 183 Å². The molecule has 0 spiro atoms. The maximum Gasteiger partial charge on any atom is 0.335 e. The van der Waals surface area contributed by atoms with Gasteiger partial charge in [0.1, 0.15) is 6.61 Å². The molecule has 0 unspecified atom stereocenters. The molecule has 3 aromatic carbocycles. The van der Waals surface area contributed by atoms with Crippen LogP contribution in [0.4, 0.5) is 0 Å². The standard InChI is InChI=1S/C25H20N2O5/c28-14-23(29)20-8-9-22-21(13-20)24(30)27(15-26-22)11-10-16-2-1-3-19(12-16)17-4-6-18(7-5-17)25(31)32/h1-9,12-13,15,28H,10-11,14H2,(H,31,32). The van der Waals surface area contributed by atoms with Crippen molar-refractivity contribution in [2.45, 2.75) is 13.0 Å². The lowest BCUT2D eigenvalue weighted by Crippen LogP contribution is -2.22. The molecule has 32 heavy (non-hydrogen) atoms. The maximum atomic E-state index is 12.9. The van der Waals surface area contributed by atoms with Crippen LogP contribution in [0.3, 0.4) is 0 Å². The van der Waals surface area contributed by atoms with Gasteiger partial charge in [-0.2, -0.15) is 0 Å². The number of aryl methyl sites for hydroxylation is 2. The van der Waals surface area contributed by atoms with Crippen molar-refractivity contribution in [2.24, 2.45) is 0 Å². The van der Waals surface area contributed by atoms with Crippen molar-refractivity contribution in [1.82, 2.24) is 9.55 Å². The smallest absolute Gasteiger partial charge is 0.335 e. The largest absolute Gasteiger partial charge is 0.478 e. The van der Waals surface area contributed by atoms with E-state index in [-0.39, 0.29) is 16.7 Å². The molecule has 0 saturated heterocycles. The molecule has 1 heterocycles. The normalized spacial score (nSPS) is 10.9. The van der Waals surface area contributed by atoms with Crippen LogP contribution in [-0.2, 0) is 13.0 Å². The molecule has 0 aliphatic heterocycles. The second kappa shape index (κ2) is 8.95. The molecule has 7 heteroatoms. The Balaban J connectivity index is 1.56. The Morgan fingerprint density at radius 2 is 1.66 bits per heavy atom. The Kier molecular flexibility index (Phi) is 5.91. The predicted molar refractivity (Wildman–Crippen MR) is 120 cm³/mol. The number of hydrogen-bond acceptors (Lipinski definition) is 5. The molecule has 1 aromatic heterocycles. The highest BCUT2D eigenvalue weighted by Gasteiger charge is 2.10. The minimum atomic E-state index is -0.965. The third-order valence-electron chi connectivity index (χ3n) is 5.32. The molecular formula is C25H20N2O5. The van der Waals surface area contributed by atoms with E-state index in [0.717, 1.165) is 16.7 Å². The number of Topliss-reactive ketones (excluding diaryl/α,β-unsaturated/α-hetero) is 1. The van der Waals surface area contributed by atoms with Gasteiger partial charge < -0.3 is 10.2 Å². The lowest BCUT2D eigenvalue weighted by molar-refractivity contribution is 0.0696. The van der Waals surface area contributed by atoms with Crippen molar-refractivity contribution in [2.75, 3.05) is 6.61 Å². The van der Waals surface area contributed by atoms with Crippen molar-refractivity contribution >= 4 is 22.7 Å². The number of aromatic carboxylic acids is 1. The second-order valence-corrected chi connectivity index (χ2v) is 7.39. The van der Waals surface area contributed by atoms with E-state index < -0.39 is 18.4 Å². The average Bonchev–Trinajstić information content (AvgIpc) is 2.83. The summed E-state index contributed by atoms with van der Waals surface area (Å²) < 4.78 is 1.50. The van der Waals surface area contributed by atoms with Crippen LogP contribution in [-0.4, -0.2) is 38.1 Å². The summed E-state index contributed by atoms with van der Waals surface area (Å²) in [6.45, 7) is -0.212. The minimum absolute atomic E-state index is 0.233. The maximum absolute atomic E-state index is 12.9. The molecule has 7 nitrogen and oxygen atoms in total. The van der Waals surface area contributed by atoms with Crippen LogP contribution >= 0.6 is 0 Å². The molecule has 4 aromatic rings. The molecule has 0 aliphatic rings. The van der Waals surface area contributed by atoms with E-state index >= 15 is 0 Å². The number of carboxylic acid groups (broad SMARTS) is 1. The number of carbonyl (C=O) groups is 2. The van der Waals surface area contributed by atoms with Gasteiger partial charge in [-0.25, -0.2) is 9.78 Å². The van der Waals surface area contributed by atoms with E-state index in [1.165, 1.54) is 17.0 Å². The number of aliphatic hydroxyl groups is 1. The SMILES string of the molecule is O=C(O)c1ccc(-c2cccc(CCn3cnc4ccc(C(=O)CO)cc4c3=O)c2)cc1. The van der Waals surface area contributed by atoms with Gasteiger partial charge in [0, 0.05) is 12.1 Å². The lowest BCUT2D eigenvalue weighted by Gasteiger charge is -2.09. The fourth-order valence-electron chi connectivity index (χ4n) is 3.54. The van der Waals surface area contributed by atoms with E-state index in [4.69, 9.17) is 10.2 Å². The lowest BCUT2D eigenvalue weighted by atomic mass is 10.0. The zero-order valence-corrected chi connectivity index (χ0v) is 17.1. The molecule has 0 saturated carbocycles. The molecule has 0 aliphatic carbocycles. The molecule has 160 valence electrons. The first-order valence-corrected chi connectivity index (χ1v) is 10.0. The van der Waals surface area contributed by atoms with E-state index in [2.05, 4.69) is 4.98 Å². The van der Waals surface area contributed by atoms with Crippen LogP contribution in [0.2, 0.25) is 0 Å². The predicted octanol–water partition coefficient (Wildman–Crippen LogP) is 3.18. The van der Waals surface area contributed by atoms with Crippen LogP contribution in [0.5, 0.6) is 0 Å². The van der Waals surface area contributed by atoms with Crippen molar-refractivity contribution in [3.05, 3.63) is 100 Å². The number of nitrogens with zero attached hydrogens (tertiary/aromatic N) is 2. The van der Waals surface area contributed by atoms with Gasteiger partial charge in [0.15, 0.2) is 5.78 Å². The first kappa shape index (κ1) is 21.1. The zero-order chi connectivity index (χ0) is 22.7. The molecule has 0 bridgehead atoms. The number of rotatable bonds is 7. The Morgan fingerprint density at radius 1 is 0.906 bits per heavy atom. The number of carboxylic acids is 1. The number of fused-ring (bicyclic) bond motifs is 1. The zero-order valence-electron chi connectivity index (χ0n) is 17.1. The van der Waals surface area contributed by atoms with Crippen molar-refractivity contribution < 1.29 is 19.8 Å². The van der Waals surface area contributed by atoms with Gasteiger partial charge in [-0.15, -0.1) is 0 Å². The number of aliphatic hydroxyl groups excluding tert-OH is 1. The highest BCUT2D eigenvalue weighted by molar-refractivity contribution is 5.99. The third-order valence-corrected chi connectivity index (χ3v) is 5.32. The quantitative estimate of drug-likeness (QED) is 0.438. The number of carbonyl (C=O) groups excluding carboxylic acids is 1.